The van der Waals surface area contributed by atoms with Crippen molar-refractivity contribution in [3.05, 3.63) is 34.8 Å². The zero-order valence-corrected chi connectivity index (χ0v) is 8.73. The molecule has 0 saturated heterocycles. The molecule has 0 aliphatic rings. The molecule has 4 nitrogen and oxygen atoms in total. The van der Waals surface area contributed by atoms with Gasteiger partial charge in [0.15, 0.2) is 4.73 Å². The summed E-state index contributed by atoms with van der Waals surface area (Å²) in [4.78, 5) is 14.5. The molecule has 14 heavy (non-hydrogen) atoms. The van der Waals surface area contributed by atoms with Gasteiger partial charge in [-0.05, 0) is 33.6 Å². The Labute approximate surface area is 88.3 Å². The van der Waals surface area contributed by atoms with E-state index in [1.165, 1.54) is 0 Å². The lowest BCUT2D eigenvalue weighted by molar-refractivity contribution is -0.136. The van der Waals surface area contributed by atoms with Gasteiger partial charge in [-0.2, -0.15) is 0 Å². The minimum atomic E-state index is -0.826. The van der Waals surface area contributed by atoms with E-state index in [0.29, 0.717) is 0 Å². The Bertz CT molecular complexity index is 493. The minimum Gasteiger partial charge on any atom is -0.481 e. The number of carbonyl (C=O) groups is 1. The zero-order chi connectivity index (χ0) is 10.1. The molecule has 0 atom stereocenters. The van der Waals surface area contributed by atoms with E-state index in [9.17, 15) is 4.79 Å². The molecule has 0 aliphatic carbocycles. The van der Waals surface area contributed by atoms with Gasteiger partial charge in [-0.15, -0.1) is 0 Å². The highest BCUT2D eigenvalue weighted by molar-refractivity contribution is 9.10. The first-order valence-electron chi connectivity index (χ1n) is 4.00. The number of fused-ring (bicyclic) bond motifs is 1. The molecular formula is C9H7BrN2O2. The Balaban J connectivity index is 2.46. The lowest BCUT2D eigenvalue weighted by Gasteiger charge is -1.98. The highest BCUT2D eigenvalue weighted by atomic mass is 79.9. The average molecular weight is 255 g/mol. The smallest absolute Gasteiger partial charge is 0.307 e. The van der Waals surface area contributed by atoms with Gasteiger partial charge in [-0.25, -0.2) is 4.98 Å². The number of halogens is 1. The number of carboxylic acids is 1. The third-order valence-electron chi connectivity index (χ3n) is 1.91. The van der Waals surface area contributed by atoms with Crippen molar-refractivity contribution >= 4 is 27.4 Å². The lowest BCUT2D eigenvalue weighted by atomic mass is 10.2. The summed E-state index contributed by atoms with van der Waals surface area (Å²) in [5.74, 6) is -0.826. The number of aliphatic carboxylic acids is 1. The van der Waals surface area contributed by atoms with Crippen molar-refractivity contribution in [1.29, 1.82) is 0 Å². The van der Waals surface area contributed by atoms with E-state index in [1.807, 2.05) is 10.5 Å². The third kappa shape index (κ3) is 1.63. The molecule has 0 saturated carbocycles. The van der Waals surface area contributed by atoms with Crippen LogP contribution in [0.4, 0.5) is 0 Å². The molecule has 72 valence electrons. The summed E-state index contributed by atoms with van der Waals surface area (Å²) >= 11 is 3.28. The summed E-state index contributed by atoms with van der Waals surface area (Å²) in [7, 11) is 0. The number of aromatic nitrogens is 2. The fourth-order valence-electron chi connectivity index (χ4n) is 1.30. The van der Waals surface area contributed by atoms with Crippen LogP contribution in [0.5, 0.6) is 0 Å². The van der Waals surface area contributed by atoms with E-state index >= 15 is 0 Å². The summed E-state index contributed by atoms with van der Waals surface area (Å²) < 4.78 is 2.56. The van der Waals surface area contributed by atoms with Gasteiger partial charge in [-0.1, -0.05) is 0 Å². The van der Waals surface area contributed by atoms with Gasteiger partial charge in [-0.3, -0.25) is 9.20 Å². The van der Waals surface area contributed by atoms with Gasteiger partial charge in [0.25, 0.3) is 0 Å². The molecule has 5 heteroatoms. The number of carboxylic acid groups (broad SMARTS) is 1. The highest BCUT2D eigenvalue weighted by Gasteiger charge is 2.03. The fourth-order valence-corrected chi connectivity index (χ4v) is 1.72. The fraction of sp³-hybridized carbons (Fsp3) is 0.111. The number of rotatable bonds is 2. The van der Waals surface area contributed by atoms with Crippen LogP contribution in [0.3, 0.4) is 0 Å². The van der Waals surface area contributed by atoms with E-state index < -0.39 is 5.97 Å². The number of hydrogen-bond acceptors (Lipinski definition) is 2. The Hall–Kier alpha value is -1.36. The van der Waals surface area contributed by atoms with E-state index in [0.717, 1.165) is 15.8 Å². The van der Waals surface area contributed by atoms with Crippen molar-refractivity contribution in [2.24, 2.45) is 0 Å². The van der Waals surface area contributed by atoms with Crippen LogP contribution in [-0.2, 0) is 11.2 Å². The average Bonchev–Trinajstić information content (AvgIpc) is 2.46. The predicted molar refractivity (Wildman–Crippen MR) is 54.2 cm³/mol. The third-order valence-corrected chi connectivity index (χ3v) is 2.49. The number of imidazole rings is 1. The molecule has 2 rings (SSSR count). The quantitative estimate of drug-likeness (QED) is 0.888. The van der Waals surface area contributed by atoms with Crippen LogP contribution in [0, 0.1) is 0 Å². The SMILES string of the molecule is O=C(O)Cc1ccn2c(Br)ncc2c1. The van der Waals surface area contributed by atoms with Crippen molar-refractivity contribution < 1.29 is 9.90 Å². The Morgan fingerprint density at radius 1 is 1.64 bits per heavy atom. The second kappa shape index (κ2) is 3.42. The van der Waals surface area contributed by atoms with E-state index in [-0.39, 0.29) is 6.42 Å². The maximum atomic E-state index is 10.5. The van der Waals surface area contributed by atoms with Crippen LogP contribution in [0.15, 0.2) is 29.3 Å². The molecule has 0 aromatic carbocycles. The molecule has 0 radical (unpaired) electrons. The summed E-state index contributed by atoms with van der Waals surface area (Å²) in [5.41, 5.74) is 1.66. The van der Waals surface area contributed by atoms with E-state index in [4.69, 9.17) is 5.11 Å². The van der Waals surface area contributed by atoms with Crippen molar-refractivity contribution in [1.82, 2.24) is 9.38 Å². The van der Waals surface area contributed by atoms with Gasteiger partial charge in [0.1, 0.15) is 0 Å². The van der Waals surface area contributed by atoms with E-state index in [1.54, 1.807) is 18.5 Å². The first kappa shape index (κ1) is 9.21. The van der Waals surface area contributed by atoms with Crippen LogP contribution in [-0.4, -0.2) is 20.5 Å². The molecule has 0 amide bonds. The van der Waals surface area contributed by atoms with Crippen molar-refractivity contribution in [2.75, 3.05) is 0 Å². The van der Waals surface area contributed by atoms with Crippen LogP contribution >= 0.6 is 15.9 Å². The summed E-state index contributed by atoms with van der Waals surface area (Å²) in [5, 5.41) is 8.61. The summed E-state index contributed by atoms with van der Waals surface area (Å²) in [6, 6.07) is 3.58. The molecule has 2 aromatic rings. The van der Waals surface area contributed by atoms with Gasteiger partial charge in [0.05, 0.1) is 18.1 Å². The topological polar surface area (TPSA) is 54.6 Å². The first-order chi connectivity index (χ1) is 6.66. The van der Waals surface area contributed by atoms with Crippen molar-refractivity contribution in [2.45, 2.75) is 6.42 Å². The molecular weight excluding hydrogens is 248 g/mol. The van der Waals surface area contributed by atoms with Gasteiger partial charge < -0.3 is 5.11 Å². The summed E-state index contributed by atoms with van der Waals surface area (Å²) in [6.45, 7) is 0. The maximum absolute atomic E-state index is 10.5. The van der Waals surface area contributed by atoms with Gasteiger partial charge >= 0.3 is 5.97 Å². The molecule has 0 unspecified atom stereocenters. The maximum Gasteiger partial charge on any atom is 0.307 e. The van der Waals surface area contributed by atoms with Crippen LogP contribution in [0.2, 0.25) is 0 Å². The Morgan fingerprint density at radius 3 is 3.14 bits per heavy atom. The number of nitrogens with zero attached hydrogens (tertiary/aromatic N) is 2. The zero-order valence-electron chi connectivity index (χ0n) is 7.14. The Kier molecular flexibility index (Phi) is 2.25. The number of pyridine rings is 1. The lowest BCUT2D eigenvalue weighted by Crippen LogP contribution is -2.00. The molecule has 1 N–H and O–H groups in total. The standard InChI is InChI=1S/C9H7BrN2O2/c10-9-11-5-7-3-6(4-8(13)14)1-2-12(7)9/h1-3,5H,4H2,(H,13,14). The van der Waals surface area contributed by atoms with Crippen LogP contribution in [0.25, 0.3) is 5.52 Å². The molecule has 0 fully saturated rings. The number of hydrogen-bond donors (Lipinski definition) is 1. The summed E-state index contributed by atoms with van der Waals surface area (Å²) in [6.07, 6.45) is 3.53. The molecule has 2 heterocycles. The highest BCUT2D eigenvalue weighted by Crippen LogP contribution is 2.14. The monoisotopic (exact) mass is 254 g/mol. The second-order valence-corrected chi connectivity index (χ2v) is 3.64. The molecule has 0 aliphatic heterocycles. The van der Waals surface area contributed by atoms with Crippen LogP contribution < -0.4 is 0 Å². The Morgan fingerprint density at radius 2 is 2.43 bits per heavy atom. The molecule has 0 spiro atoms. The van der Waals surface area contributed by atoms with Gasteiger partial charge in [0, 0.05) is 6.20 Å². The largest absolute Gasteiger partial charge is 0.481 e. The minimum absolute atomic E-state index is 0.0410. The molecule has 2 aromatic heterocycles. The van der Waals surface area contributed by atoms with Crippen molar-refractivity contribution in [3.8, 4) is 0 Å². The van der Waals surface area contributed by atoms with Gasteiger partial charge in [0.2, 0.25) is 0 Å². The first-order valence-corrected chi connectivity index (χ1v) is 4.79. The van der Waals surface area contributed by atoms with Crippen LogP contribution in [0.1, 0.15) is 5.56 Å². The van der Waals surface area contributed by atoms with E-state index in [2.05, 4.69) is 20.9 Å². The normalized spacial score (nSPS) is 10.6. The predicted octanol–water partition coefficient (Wildman–Crippen LogP) is 1.72. The molecule has 0 bridgehead atoms. The van der Waals surface area contributed by atoms with Crippen molar-refractivity contribution in [3.63, 3.8) is 0 Å². The second-order valence-electron chi connectivity index (χ2n) is 2.93.